The van der Waals surface area contributed by atoms with E-state index in [1.54, 1.807) is 103 Å². The molecule has 0 aliphatic carbocycles. The second-order valence-corrected chi connectivity index (χ2v) is 18.3. The molecule has 0 bridgehead atoms. The van der Waals surface area contributed by atoms with Gasteiger partial charge in [-0.25, -0.2) is 19.0 Å². The largest absolute Gasteiger partial charge is 0.497 e. The first-order valence-corrected chi connectivity index (χ1v) is 22.0. The summed E-state index contributed by atoms with van der Waals surface area (Å²) in [6.07, 6.45) is 1.93. The minimum absolute atomic E-state index is 0.0286. The number of β-lactam (4-membered cyclic amide) rings is 1. The fourth-order valence-corrected chi connectivity index (χ4v) is 8.33. The minimum atomic E-state index is -1.09. The quantitative estimate of drug-likeness (QED) is 0.0315. The molecule has 0 saturated carbocycles. The number of carbonyl (C=O) groups is 5. The van der Waals surface area contributed by atoms with Crippen molar-refractivity contribution < 1.29 is 57.4 Å². The lowest BCUT2D eigenvalue weighted by Crippen LogP contribution is -2.71. The molecule has 2 aliphatic rings. The molecule has 21 nitrogen and oxygen atoms in total. The number of nitrogens with one attached hydrogen (secondary N) is 3. The van der Waals surface area contributed by atoms with Gasteiger partial charge in [-0.15, -0.1) is 11.8 Å². The molecular weight excluding hydrogens is 873 g/mol. The minimum Gasteiger partial charge on any atom is -0.497 e. The van der Waals surface area contributed by atoms with Gasteiger partial charge >= 0.3 is 23.8 Å². The van der Waals surface area contributed by atoms with Crippen LogP contribution in [0.25, 0.3) is 11.2 Å². The summed E-state index contributed by atoms with van der Waals surface area (Å²) in [5.74, 6) is -1.42. The van der Waals surface area contributed by atoms with Crippen molar-refractivity contribution in [1.29, 1.82) is 0 Å². The number of imidazole rings is 1. The van der Waals surface area contributed by atoms with Gasteiger partial charge in [0.2, 0.25) is 23.0 Å². The predicted octanol–water partition coefficient (Wildman–Crippen LogP) is 3.25. The van der Waals surface area contributed by atoms with Crippen molar-refractivity contribution in [2.75, 3.05) is 31.4 Å². The maximum Gasteiger partial charge on any atom is 0.414 e. The first-order valence-electron chi connectivity index (χ1n) is 20.1. The molecule has 0 radical (unpaired) electrons. The van der Waals surface area contributed by atoms with E-state index in [2.05, 4.69) is 35.4 Å². The standard InChI is InChI=1S/C41H50N10O11S2/c1-9-60-47-28(31-45-37(64-48-31)46-39(57)62-41(5,6)7)33(53)44-29-34(54)51-30(36(55)59-20-23-12-14-26(58-8)15-13-23)24(21-63-35(29)51)17-49-16-10-11-27-32(49)42-22-50(27)18-25(19-52)43-38(56)61-40(2,3)4/h10-16,22,25,29,35,52H,9,17-21H2,1-8H3,(H2-,43,44,45,46,48,53,56,57)/p+1/b47-28-. The van der Waals surface area contributed by atoms with Crippen LogP contribution in [0.1, 0.15) is 59.9 Å². The molecule has 5 heterocycles. The fraction of sp³-hybridized carbons (Fsp3) is 0.463. The van der Waals surface area contributed by atoms with Crippen LogP contribution >= 0.6 is 23.3 Å². The number of hydrogen-bond acceptors (Lipinski definition) is 17. The zero-order chi connectivity index (χ0) is 46.3. The Bertz CT molecular complexity index is 2440. The van der Waals surface area contributed by atoms with E-state index in [1.807, 2.05) is 10.6 Å². The lowest BCUT2D eigenvalue weighted by molar-refractivity contribution is -0.664. The third-order valence-electron chi connectivity index (χ3n) is 9.17. The Kier molecular flexibility index (Phi) is 14.7. The van der Waals surface area contributed by atoms with E-state index in [-0.39, 0.29) is 61.0 Å². The van der Waals surface area contributed by atoms with Crippen LogP contribution in [0.5, 0.6) is 5.75 Å². The first-order chi connectivity index (χ1) is 30.4. The number of esters is 1. The summed E-state index contributed by atoms with van der Waals surface area (Å²) in [6.45, 7) is 12.0. The van der Waals surface area contributed by atoms with Crippen LogP contribution in [0, 0.1) is 0 Å². The van der Waals surface area contributed by atoms with Crippen LogP contribution in [-0.4, -0.2) is 119 Å². The summed E-state index contributed by atoms with van der Waals surface area (Å²) in [4.78, 5) is 82.2. The second kappa shape index (κ2) is 20.0. The number of thioether (sulfide) groups is 1. The average Bonchev–Trinajstić information content (AvgIpc) is 3.87. The molecule has 64 heavy (non-hydrogen) atoms. The molecule has 2 aliphatic heterocycles. The lowest BCUT2D eigenvalue weighted by atomic mass is 10.0. The first kappa shape index (κ1) is 47.2. The number of carbonyl (C=O) groups excluding carboxylic acids is 5. The van der Waals surface area contributed by atoms with Crippen molar-refractivity contribution in [3.05, 3.63) is 71.6 Å². The second-order valence-electron chi connectivity index (χ2n) is 16.4. The number of nitrogens with zero attached hydrogens (tertiary/aromatic N) is 7. The summed E-state index contributed by atoms with van der Waals surface area (Å²) >= 11 is 2.12. The van der Waals surface area contributed by atoms with E-state index in [0.717, 1.165) is 11.5 Å². The molecule has 1 aromatic carbocycles. The highest BCUT2D eigenvalue weighted by Gasteiger charge is 2.55. The van der Waals surface area contributed by atoms with Crippen LogP contribution in [0.4, 0.5) is 14.7 Å². The number of hydrogen-bond donors (Lipinski definition) is 4. The Morgan fingerprint density at radius 3 is 2.44 bits per heavy atom. The number of fused-ring (bicyclic) bond motifs is 2. The predicted molar refractivity (Wildman–Crippen MR) is 233 cm³/mol. The van der Waals surface area contributed by atoms with Crippen molar-refractivity contribution in [3.8, 4) is 5.75 Å². The van der Waals surface area contributed by atoms with Gasteiger partial charge in [0.1, 0.15) is 59.3 Å². The van der Waals surface area contributed by atoms with Crippen LogP contribution in [0.15, 0.2) is 65.3 Å². The Morgan fingerprint density at radius 1 is 1.05 bits per heavy atom. The number of pyridine rings is 1. The number of ether oxygens (including phenoxy) is 4. The van der Waals surface area contributed by atoms with E-state index in [4.69, 9.17) is 23.8 Å². The number of amides is 4. The molecule has 3 aromatic heterocycles. The third kappa shape index (κ3) is 11.6. The van der Waals surface area contributed by atoms with Gasteiger partial charge in [0, 0.05) is 29.4 Å². The SMILES string of the molecule is CCO/N=C(\C(=O)NC1C(=O)N2C(C(=O)OCc3ccc(OC)cc3)=C(C[n+]3cccc4c3ncn4CC(CO)NC(=O)OC(C)(C)C)CSC12)c1nsc(NC(=O)OC(C)(C)C)n1. The summed E-state index contributed by atoms with van der Waals surface area (Å²) in [7, 11) is 1.55. The molecule has 1 fully saturated rings. The van der Waals surface area contributed by atoms with Gasteiger partial charge in [-0.1, -0.05) is 17.3 Å². The van der Waals surface area contributed by atoms with Gasteiger partial charge in [-0.2, -0.15) is 9.36 Å². The van der Waals surface area contributed by atoms with E-state index in [9.17, 15) is 29.1 Å². The summed E-state index contributed by atoms with van der Waals surface area (Å²) in [6, 6.07) is 8.85. The van der Waals surface area contributed by atoms with E-state index in [0.29, 0.717) is 28.0 Å². The monoisotopic (exact) mass is 923 g/mol. The van der Waals surface area contributed by atoms with Crippen molar-refractivity contribution in [2.24, 2.45) is 5.16 Å². The Morgan fingerprint density at radius 2 is 1.77 bits per heavy atom. The van der Waals surface area contributed by atoms with E-state index >= 15 is 0 Å². The van der Waals surface area contributed by atoms with Crippen LogP contribution < -0.4 is 25.3 Å². The normalized spacial score (nSPS) is 16.9. The van der Waals surface area contributed by atoms with Crippen molar-refractivity contribution in [2.45, 2.75) is 96.8 Å². The highest BCUT2D eigenvalue weighted by atomic mass is 32.2. The van der Waals surface area contributed by atoms with Gasteiger partial charge in [-0.3, -0.25) is 19.8 Å². The third-order valence-corrected chi connectivity index (χ3v) is 11.1. The van der Waals surface area contributed by atoms with Crippen molar-refractivity contribution in [1.82, 2.24) is 34.4 Å². The topological polar surface area (TPSA) is 251 Å². The fourth-order valence-electron chi connectivity index (χ4n) is 6.44. The van der Waals surface area contributed by atoms with Gasteiger partial charge < -0.3 is 44.1 Å². The maximum atomic E-state index is 14.1. The van der Waals surface area contributed by atoms with Crippen molar-refractivity contribution in [3.63, 3.8) is 0 Å². The van der Waals surface area contributed by atoms with Crippen molar-refractivity contribution >= 4 is 75.3 Å². The number of anilines is 1. The zero-order valence-electron chi connectivity index (χ0n) is 36.6. The lowest BCUT2D eigenvalue weighted by Gasteiger charge is -2.49. The zero-order valence-corrected chi connectivity index (χ0v) is 38.2. The van der Waals surface area contributed by atoms with E-state index < -0.39 is 58.6 Å². The Labute approximate surface area is 376 Å². The molecule has 342 valence electrons. The molecule has 3 unspecified atom stereocenters. The Balaban J connectivity index is 1.24. The number of aliphatic hydroxyl groups excluding tert-OH is 1. The number of oxime groups is 1. The number of rotatable bonds is 16. The number of benzene rings is 1. The molecule has 4 N–H and O–H groups in total. The number of alkyl carbamates (subject to hydrolysis) is 1. The van der Waals surface area contributed by atoms with Crippen LogP contribution in [-0.2, 0) is 53.1 Å². The summed E-state index contributed by atoms with van der Waals surface area (Å²) < 4.78 is 29.5. The number of aliphatic hydroxyl groups is 1. The van der Waals surface area contributed by atoms with Crippen LogP contribution in [0.2, 0.25) is 0 Å². The number of methoxy groups -OCH3 is 1. The molecule has 4 amide bonds. The van der Waals surface area contributed by atoms with Crippen LogP contribution in [0.3, 0.4) is 0 Å². The molecule has 0 spiro atoms. The summed E-state index contributed by atoms with van der Waals surface area (Å²) in [5, 5.41) is 21.2. The maximum absolute atomic E-state index is 14.1. The van der Waals surface area contributed by atoms with Gasteiger partial charge in [0.05, 0.1) is 26.0 Å². The molecule has 23 heteroatoms. The molecular formula is C41H51N10O11S2+. The highest BCUT2D eigenvalue weighted by Crippen LogP contribution is 2.41. The van der Waals surface area contributed by atoms with Gasteiger partial charge in [0.15, 0.2) is 0 Å². The number of aromatic nitrogens is 5. The molecule has 1 saturated heterocycles. The van der Waals surface area contributed by atoms with Gasteiger partial charge in [-0.05, 0) is 83.3 Å². The molecule has 4 aromatic rings. The average molecular weight is 924 g/mol. The van der Waals surface area contributed by atoms with E-state index in [1.165, 1.54) is 16.7 Å². The van der Waals surface area contributed by atoms with Gasteiger partial charge in [0.25, 0.3) is 11.8 Å². The summed E-state index contributed by atoms with van der Waals surface area (Å²) in [5.41, 5.74) is 0.642. The smallest absolute Gasteiger partial charge is 0.414 e. The highest BCUT2D eigenvalue weighted by molar-refractivity contribution is 8.00. The Hall–Kier alpha value is -6.33. The molecule has 6 rings (SSSR count). The molecule has 3 atom stereocenters.